The van der Waals surface area contributed by atoms with Crippen molar-refractivity contribution in [3.63, 3.8) is 0 Å². The van der Waals surface area contributed by atoms with Crippen LogP contribution in [0.4, 0.5) is 0 Å². The molecule has 23 heavy (non-hydrogen) atoms. The summed E-state index contributed by atoms with van der Waals surface area (Å²) < 4.78 is 54.6. The Morgan fingerprint density at radius 3 is 2.70 bits per heavy atom. The molecule has 0 radical (unpaired) electrons. The van der Waals surface area contributed by atoms with E-state index in [9.17, 15) is 5.11 Å². The second-order valence-corrected chi connectivity index (χ2v) is 6.56. The van der Waals surface area contributed by atoms with Crippen molar-refractivity contribution in [3.8, 4) is 11.5 Å². The molecule has 1 aromatic rings. The quantitative estimate of drug-likeness (QED) is 0.924. The van der Waals surface area contributed by atoms with Crippen molar-refractivity contribution < 1.29 is 21.4 Å². The standard InChI is InChI=1S/C19H29NO3/c1-12(2)7-14-11-20-6-5-13-8-18(22-3)19(23-4)9-15(13)16(20)10-17(14)21/h8-9,12,14,16-17,21H,5-7,10-11H2,1-4H3/i10D2,14D,16D,17D. The van der Waals surface area contributed by atoms with Gasteiger partial charge in [-0.25, -0.2) is 0 Å². The molecule has 4 heteroatoms. The van der Waals surface area contributed by atoms with Gasteiger partial charge in [-0.3, -0.25) is 4.90 Å². The number of aliphatic hydroxyl groups is 1. The molecule has 0 saturated carbocycles. The van der Waals surface area contributed by atoms with E-state index >= 15 is 0 Å². The summed E-state index contributed by atoms with van der Waals surface area (Å²) in [5, 5.41) is 11.0. The number of hydrogen-bond donors (Lipinski definition) is 1. The molecule has 1 fully saturated rings. The van der Waals surface area contributed by atoms with Gasteiger partial charge in [-0.05, 0) is 54.3 Å². The third kappa shape index (κ3) is 3.20. The zero-order valence-corrected chi connectivity index (χ0v) is 14.3. The maximum absolute atomic E-state index is 11.0. The van der Waals surface area contributed by atoms with Crippen LogP contribution in [0.3, 0.4) is 0 Å². The first-order valence-corrected chi connectivity index (χ1v) is 8.08. The Labute approximate surface area is 146 Å². The summed E-state index contributed by atoms with van der Waals surface area (Å²) in [5.74, 6) is -0.886. The molecule has 4 nitrogen and oxygen atoms in total. The molecule has 3 rings (SSSR count). The predicted octanol–water partition coefficient (Wildman–Crippen LogP) is 3.03. The van der Waals surface area contributed by atoms with E-state index in [-0.39, 0.29) is 18.9 Å². The molecule has 0 spiro atoms. The van der Waals surface area contributed by atoms with E-state index < -0.39 is 24.4 Å². The van der Waals surface area contributed by atoms with Gasteiger partial charge < -0.3 is 14.6 Å². The molecule has 1 N–H and O–H groups in total. The fraction of sp³-hybridized carbons (Fsp3) is 0.684. The maximum Gasteiger partial charge on any atom is 0.161 e. The second-order valence-electron chi connectivity index (χ2n) is 6.56. The van der Waals surface area contributed by atoms with E-state index in [2.05, 4.69) is 0 Å². The second kappa shape index (κ2) is 6.70. The lowest BCUT2D eigenvalue weighted by Gasteiger charge is -2.46. The molecule has 128 valence electrons. The smallest absolute Gasteiger partial charge is 0.161 e. The Balaban J connectivity index is 2.21. The van der Waals surface area contributed by atoms with Crippen molar-refractivity contribution >= 4 is 0 Å². The van der Waals surface area contributed by atoms with Gasteiger partial charge in [-0.15, -0.1) is 0 Å². The fourth-order valence-corrected chi connectivity index (χ4v) is 3.35. The van der Waals surface area contributed by atoms with Gasteiger partial charge in [0.1, 0.15) is 0 Å². The first-order valence-electron chi connectivity index (χ1n) is 10.6. The highest BCUT2D eigenvalue weighted by atomic mass is 16.5. The summed E-state index contributed by atoms with van der Waals surface area (Å²) in [6.07, 6.45) is -4.76. The van der Waals surface area contributed by atoms with Gasteiger partial charge >= 0.3 is 0 Å². The normalized spacial score (nSPS) is 42.4. The number of ether oxygens (including phenoxy) is 2. The number of rotatable bonds is 4. The van der Waals surface area contributed by atoms with E-state index in [0.29, 0.717) is 30.0 Å². The molecular formula is C19H29NO3. The molecule has 2 heterocycles. The molecule has 2 aliphatic heterocycles. The first kappa shape index (κ1) is 11.3. The van der Waals surface area contributed by atoms with Gasteiger partial charge in [0, 0.05) is 23.2 Å². The Bertz CT molecular complexity index is 772. The van der Waals surface area contributed by atoms with Crippen LogP contribution in [0.5, 0.6) is 11.5 Å². The number of fused-ring (bicyclic) bond motifs is 3. The van der Waals surface area contributed by atoms with Crippen molar-refractivity contribution in [3.05, 3.63) is 23.3 Å². The van der Waals surface area contributed by atoms with E-state index in [1.165, 1.54) is 14.2 Å². The van der Waals surface area contributed by atoms with Gasteiger partial charge in [0.25, 0.3) is 0 Å². The first-order chi connectivity index (χ1) is 12.9. The lowest BCUT2D eigenvalue weighted by Crippen LogP contribution is -2.48. The highest BCUT2D eigenvalue weighted by Gasteiger charge is 2.38. The van der Waals surface area contributed by atoms with Gasteiger partial charge in [-0.1, -0.05) is 13.8 Å². The van der Waals surface area contributed by atoms with E-state index in [1.807, 2.05) is 13.8 Å². The number of benzene rings is 1. The Kier molecular flexibility index (Phi) is 3.30. The van der Waals surface area contributed by atoms with Gasteiger partial charge in [0.2, 0.25) is 0 Å². The molecule has 2 aliphatic rings. The maximum atomic E-state index is 11.0. The largest absolute Gasteiger partial charge is 0.493 e. The number of methoxy groups -OCH3 is 2. The molecule has 0 aromatic heterocycles. The lowest BCUT2D eigenvalue weighted by molar-refractivity contribution is -0.0191. The average molecular weight is 324 g/mol. The van der Waals surface area contributed by atoms with Crippen LogP contribution >= 0.6 is 0 Å². The van der Waals surface area contributed by atoms with Crippen molar-refractivity contribution in [2.75, 3.05) is 27.3 Å². The average Bonchev–Trinajstić information content (AvgIpc) is 2.61. The minimum Gasteiger partial charge on any atom is -0.493 e. The van der Waals surface area contributed by atoms with E-state index in [1.54, 1.807) is 17.0 Å². The van der Waals surface area contributed by atoms with Crippen LogP contribution in [0.1, 0.15) is 50.6 Å². The fourth-order valence-electron chi connectivity index (χ4n) is 3.35. The van der Waals surface area contributed by atoms with Gasteiger partial charge in [0.15, 0.2) is 11.5 Å². The van der Waals surface area contributed by atoms with Gasteiger partial charge in [0.05, 0.1) is 23.0 Å². The monoisotopic (exact) mass is 324 g/mol. The van der Waals surface area contributed by atoms with Crippen molar-refractivity contribution in [2.45, 2.75) is 45.2 Å². The zero-order valence-electron chi connectivity index (χ0n) is 19.3. The number of piperidine rings is 1. The van der Waals surface area contributed by atoms with Crippen LogP contribution in [0.25, 0.3) is 0 Å². The summed E-state index contributed by atoms with van der Waals surface area (Å²) in [5.41, 5.74) is 1.07. The van der Waals surface area contributed by atoms with Crippen LogP contribution in [-0.2, 0) is 6.42 Å². The summed E-state index contributed by atoms with van der Waals surface area (Å²) in [4.78, 5) is 1.60. The minimum atomic E-state index is -2.76. The van der Waals surface area contributed by atoms with Crippen LogP contribution in [0, 0.1) is 11.8 Å². The highest BCUT2D eigenvalue weighted by molar-refractivity contribution is 5.49. The molecule has 0 bridgehead atoms. The highest BCUT2D eigenvalue weighted by Crippen LogP contribution is 2.43. The zero-order chi connectivity index (χ0) is 21.1. The molecule has 3 unspecified atom stereocenters. The van der Waals surface area contributed by atoms with Crippen LogP contribution in [0.15, 0.2) is 12.1 Å². The molecule has 3 atom stereocenters. The van der Waals surface area contributed by atoms with Crippen LogP contribution in [-0.4, -0.2) is 43.4 Å². The van der Waals surface area contributed by atoms with Gasteiger partial charge in [-0.2, -0.15) is 0 Å². The number of hydrogen-bond acceptors (Lipinski definition) is 4. The number of nitrogens with zero attached hydrogens (tertiary/aromatic N) is 1. The summed E-state index contributed by atoms with van der Waals surface area (Å²) in [7, 11) is 2.98. The summed E-state index contributed by atoms with van der Waals surface area (Å²) in [6.45, 7) is 4.07. The van der Waals surface area contributed by atoms with Crippen LogP contribution < -0.4 is 9.47 Å². The van der Waals surface area contributed by atoms with E-state index in [0.717, 1.165) is 5.56 Å². The molecule has 0 aliphatic carbocycles. The summed E-state index contributed by atoms with van der Waals surface area (Å²) >= 11 is 0. The lowest BCUT2D eigenvalue weighted by atomic mass is 9.79. The molecular weight excluding hydrogens is 290 g/mol. The summed E-state index contributed by atoms with van der Waals surface area (Å²) in [6, 6.07) is 1.29. The van der Waals surface area contributed by atoms with Crippen molar-refractivity contribution in [2.24, 2.45) is 11.8 Å². The third-order valence-electron chi connectivity index (χ3n) is 4.44. The topological polar surface area (TPSA) is 41.9 Å². The predicted molar refractivity (Wildman–Crippen MR) is 91.1 cm³/mol. The minimum absolute atomic E-state index is 0.00448. The van der Waals surface area contributed by atoms with E-state index in [4.69, 9.17) is 16.3 Å². The third-order valence-corrected chi connectivity index (χ3v) is 4.44. The molecule has 1 aromatic carbocycles. The Hall–Kier alpha value is -1.26. The van der Waals surface area contributed by atoms with Crippen molar-refractivity contribution in [1.82, 2.24) is 4.90 Å². The molecule has 1 saturated heterocycles. The Morgan fingerprint density at radius 1 is 1.35 bits per heavy atom. The Morgan fingerprint density at radius 2 is 2.04 bits per heavy atom. The van der Waals surface area contributed by atoms with Crippen LogP contribution in [0.2, 0.25) is 0 Å². The SMILES string of the molecule is [2H]C1(CC(C)C)CN2CCc3cc(OC)c(OC)cc3C2([2H])C([2H])([2H])C1([2H])O. The van der Waals surface area contributed by atoms with Crippen molar-refractivity contribution in [1.29, 1.82) is 0 Å². The molecule has 0 amide bonds.